The second-order valence-electron chi connectivity index (χ2n) is 2.37. The van der Waals surface area contributed by atoms with Gasteiger partial charge in [0, 0.05) is 0 Å². The first-order valence-electron chi connectivity index (χ1n) is 3.45. The maximum atomic E-state index is 11.9. The molecule has 0 aliphatic rings. The summed E-state index contributed by atoms with van der Waals surface area (Å²) in [6.07, 6.45) is -4.85. The molecule has 1 aromatic heterocycles. The highest BCUT2D eigenvalue weighted by Crippen LogP contribution is 2.28. The van der Waals surface area contributed by atoms with E-state index < -0.39 is 12.2 Å². The van der Waals surface area contributed by atoms with Crippen molar-refractivity contribution in [3.05, 3.63) is 15.2 Å². The predicted molar refractivity (Wildman–Crippen MR) is 52.8 cm³/mol. The number of alkyl halides is 3. The van der Waals surface area contributed by atoms with Gasteiger partial charge in [0.1, 0.15) is 11.9 Å². The third-order valence-electron chi connectivity index (χ3n) is 1.28. The fourth-order valence-electron chi connectivity index (χ4n) is 0.784. The normalized spacial score (nSPS) is 10.9. The molecule has 0 aliphatic carbocycles. The Balaban J connectivity index is 3.20. The molecule has 0 amide bonds. The van der Waals surface area contributed by atoms with Crippen LogP contribution in [0.3, 0.4) is 0 Å². The number of nitriles is 1. The highest BCUT2D eigenvalue weighted by Gasteiger charge is 2.33. The first kappa shape index (κ1) is 11.8. The number of rotatable bonds is 1. The van der Waals surface area contributed by atoms with Crippen molar-refractivity contribution < 1.29 is 17.9 Å². The van der Waals surface area contributed by atoms with Crippen LogP contribution in [0.15, 0.2) is 6.07 Å². The van der Waals surface area contributed by atoms with Gasteiger partial charge in [0.15, 0.2) is 0 Å². The van der Waals surface area contributed by atoms with Crippen molar-refractivity contribution in [2.24, 2.45) is 0 Å². The SMILES string of the molecule is N#Cc1cc(N)nc(OC(F)(F)F)c1I. The Morgan fingerprint density at radius 2 is 2.13 bits per heavy atom. The summed E-state index contributed by atoms with van der Waals surface area (Å²) >= 11 is 1.53. The van der Waals surface area contributed by atoms with Crippen LogP contribution in [0.2, 0.25) is 0 Å². The third-order valence-corrected chi connectivity index (χ3v) is 2.32. The van der Waals surface area contributed by atoms with Gasteiger partial charge in [0.05, 0.1) is 9.13 Å². The summed E-state index contributed by atoms with van der Waals surface area (Å²) in [7, 11) is 0. The van der Waals surface area contributed by atoms with Crippen molar-refractivity contribution in [3.63, 3.8) is 0 Å². The highest BCUT2D eigenvalue weighted by molar-refractivity contribution is 14.1. The average Bonchev–Trinajstić information content (AvgIpc) is 2.08. The standard InChI is InChI=1S/C7H3F3IN3O/c8-7(9,10)15-6-5(11)3(2-12)1-4(13)14-6/h1H,(H2,13,14). The lowest BCUT2D eigenvalue weighted by atomic mass is 10.3. The lowest BCUT2D eigenvalue weighted by Gasteiger charge is -2.10. The molecule has 1 aromatic rings. The van der Waals surface area contributed by atoms with E-state index >= 15 is 0 Å². The van der Waals surface area contributed by atoms with Crippen molar-refractivity contribution in [1.82, 2.24) is 4.98 Å². The van der Waals surface area contributed by atoms with E-state index in [-0.39, 0.29) is 15.0 Å². The second kappa shape index (κ2) is 4.09. The number of nitrogens with zero attached hydrogens (tertiary/aromatic N) is 2. The van der Waals surface area contributed by atoms with E-state index in [9.17, 15) is 13.2 Å². The third kappa shape index (κ3) is 3.12. The van der Waals surface area contributed by atoms with E-state index in [2.05, 4.69) is 9.72 Å². The average molecular weight is 329 g/mol. The minimum absolute atomic E-state index is 0.0117. The lowest BCUT2D eigenvalue weighted by molar-refractivity contribution is -0.276. The van der Waals surface area contributed by atoms with E-state index in [0.29, 0.717) is 0 Å². The Morgan fingerprint density at radius 1 is 1.53 bits per heavy atom. The van der Waals surface area contributed by atoms with Gasteiger partial charge in [-0.2, -0.15) is 10.2 Å². The van der Waals surface area contributed by atoms with E-state index in [1.807, 2.05) is 0 Å². The molecule has 1 rings (SSSR count). The van der Waals surface area contributed by atoms with E-state index in [0.717, 1.165) is 0 Å². The number of hydrogen-bond acceptors (Lipinski definition) is 4. The number of nitrogens with two attached hydrogens (primary N) is 1. The number of anilines is 1. The molecule has 0 spiro atoms. The zero-order valence-corrected chi connectivity index (χ0v) is 9.13. The Hall–Kier alpha value is -1.24. The van der Waals surface area contributed by atoms with Crippen molar-refractivity contribution in [3.8, 4) is 11.9 Å². The van der Waals surface area contributed by atoms with Gasteiger partial charge >= 0.3 is 6.36 Å². The summed E-state index contributed by atoms with van der Waals surface area (Å²) in [5.41, 5.74) is 5.20. The first-order valence-corrected chi connectivity index (χ1v) is 4.53. The van der Waals surface area contributed by atoms with E-state index in [4.69, 9.17) is 11.0 Å². The van der Waals surface area contributed by atoms with Gasteiger partial charge in [-0.3, -0.25) is 0 Å². The second-order valence-corrected chi connectivity index (χ2v) is 3.45. The van der Waals surface area contributed by atoms with E-state index in [1.165, 1.54) is 28.7 Å². The summed E-state index contributed by atoms with van der Waals surface area (Å²) in [4.78, 5) is 3.34. The van der Waals surface area contributed by atoms with Crippen LogP contribution in [-0.2, 0) is 0 Å². The molecule has 0 saturated carbocycles. The molecule has 15 heavy (non-hydrogen) atoms. The molecule has 0 saturated heterocycles. The van der Waals surface area contributed by atoms with Crippen LogP contribution in [0.25, 0.3) is 0 Å². The largest absolute Gasteiger partial charge is 0.574 e. The smallest absolute Gasteiger partial charge is 0.387 e. The number of aromatic nitrogens is 1. The number of hydrogen-bond donors (Lipinski definition) is 1. The van der Waals surface area contributed by atoms with Crippen LogP contribution in [-0.4, -0.2) is 11.3 Å². The number of pyridine rings is 1. The van der Waals surface area contributed by atoms with E-state index in [1.54, 1.807) is 6.07 Å². The predicted octanol–water partition coefficient (Wildman–Crippen LogP) is 2.04. The molecule has 8 heteroatoms. The summed E-state index contributed by atoms with van der Waals surface area (Å²) in [5.74, 6) is -0.911. The molecular weight excluding hydrogens is 326 g/mol. The van der Waals surface area contributed by atoms with Gasteiger partial charge in [-0.25, -0.2) is 0 Å². The fourth-order valence-corrected chi connectivity index (χ4v) is 1.29. The molecule has 1 heterocycles. The van der Waals surface area contributed by atoms with Crippen molar-refractivity contribution in [2.75, 3.05) is 5.73 Å². The van der Waals surface area contributed by atoms with Crippen LogP contribution in [0.1, 0.15) is 5.56 Å². The Bertz CT molecular complexity index is 427. The zero-order valence-electron chi connectivity index (χ0n) is 6.97. The van der Waals surface area contributed by atoms with Crippen molar-refractivity contribution in [2.45, 2.75) is 6.36 Å². The monoisotopic (exact) mass is 329 g/mol. The van der Waals surface area contributed by atoms with Gasteiger partial charge in [0.2, 0.25) is 5.88 Å². The van der Waals surface area contributed by atoms with Crippen molar-refractivity contribution in [1.29, 1.82) is 5.26 Å². The van der Waals surface area contributed by atoms with Crippen LogP contribution >= 0.6 is 22.6 Å². The summed E-state index contributed by atoms with van der Waals surface area (Å²) in [5, 5.41) is 8.59. The van der Waals surface area contributed by atoms with Gasteiger partial charge in [-0.1, -0.05) is 0 Å². The molecule has 0 aromatic carbocycles. The molecule has 0 unspecified atom stereocenters. The number of halogens is 4. The minimum Gasteiger partial charge on any atom is -0.387 e. The van der Waals surface area contributed by atoms with Crippen LogP contribution in [0.4, 0.5) is 19.0 Å². The van der Waals surface area contributed by atoms with Gasteiger partial charge in [0.25, 0.3) is 0 Å². The summed E-state index contributed by atoms with van der Waals surface area (Å²) < 4.78 is 39.3. The maximum absolute atomic E-state index is 11.9. The quantitative estimate of drug-likeness (QED) is 0.801. The summed E-state index contributed by atoms with van der Waals surface area (Å²) in [6.45, 7) is 0. The molecule has 0 fully saturated rings. The zero-order chi connectivity index (χ0) is 11.6. The van der Waals surface area contributed by atoms with Crippen LogP contribution in [0, 0.1) is 14.9 Å². The topological polar surface area (TPSA) is 71.9 Å². The highest BCUT2D eigenvalue weighted by atomic mass is 127. The molecule has 0 radical (unpaired) electrons. The van der Waals surface area contributed by atoms with Gasteiger partial charge in [-0.15, -0.1) is 13.2 Å². The van der Waals surface area contributed by atoms with Crippen LogP contribution in [0.5, 0.6) is 5.88 Å². The Kier molecular flexibility index (Phi) is 3.23. The van der Waals surface area contributed by atoms with Gasteiger partial charge < -0.3 is 10.5 Å². The molecule has 80 valence electrons. The molecule has 4 nitrogen and oxygen atoms in total. The minimum atomic E-state index is -4.85. The Labute approximate surface area is 96.0 Å². The molecular formula is C7H3F3IN3O. The molecule has 0 bridgehead atoms. The number of ether oxygens (including phenoxy) is 1. The van der Waals surface area contributed by atoms with Crippen molar-refractivity contribution >= 4 is 28.4 Å². The molecule has 0 aliphatic heterocycles. The lowest BCUT2D eigenvalue weighted by Crippen LogP contribution is -2.19. The summed E-state index contributed by atoms with van der Waals surface area (Å²) in [6, 6.07) is 2.86. The van der Waals surface area contributed by atoms with Crippen LogP contribution < -0.4 is 10.5 Å². The fraction of sp³-hybridized carbons (Fsp3) is 0.143. The first-order chi connectivity index (χ1) is 6.83. The number of nitrogen functional groups attached to an aromatic ring is 1. The van der Waals surface area contributed by atoms with Gasteiger partial charge in [-0.05, 0) is 28.7 Å². The Morgan fingerprint density at radius 3 is 2.60 bits per heavy atom. The molecule has 2 N–H and O–H groups in total. The molecule has 0 atom stereocenters. The maximum Gasteiger partial charge on any atom is 0.574 e.